The molecule has 2 heterocycles. The van der Waals surface area contributed by atoms with Crippen LogP contribution >= 0.6 is 11.8 Å². The summed E-state index contributed by atoms with van der Waals surface area (Å²) in [6, 6.07) is 2.39. The Labute approximate surface area is 121 Å². The molecule has 1 N–H and O–H groups in total. The van der Waals surface area contributed by atoms with Gasteiger partial charge in [-0.05, 0) is 24.8 Å². The standard InChI is InChI=1S/C14H17N3O2S/c1-9-3-2-4-11(9)17-12-5-6-15-7-10(12)16-14(17)20-8-13(18)19/h5-7,9,11H,2-4,8H2,1H3,(H,18,19). The van der Waals surface area contributed by atoms with Crippen molar-refractivity contribution >= 4 is 28.8 Å². The van der Waals surface area contributed by atoms with Crippen molar-refractivity contribution in [2.24, 2.45) is 5.92 Å². The first-order chi connectivity index (χ1) is 9.66. The molecular formula is C14H17N3O2S. The monoisotopic (exact) mass is 291 g/mol. The molecule has 20 heavy (non-hydrogen) atoms. The van der Waals surface area contributed by atoms with Crippen LogP contribution in [-0.4, -0.2) is 31.4 Å². The number of pyridine rings is 1. The van der Waals surface area contributed by atoms with Crippen molar-refractivity contribution in [3.05, 3.63) is 18.5 Å². The zero-order chi connectivity index (χ0) is 14.1. The number of nitrogens with zero attached hydrogens (tertiary/aromatic N) is 3. The molecule has 0 amide bonds. The van der Waals surface area contributed by atoms with Gasteiger partial charge in [-0.3, -0.25) is 9.78 Å². The van der Waals surface area contributed by atoms with Crippen LogP contribution < -0.4 is 0 Å². The smallest absolute Gasteiger partial charge is 0.313 e. The van der Waals surface area contributed by atoms with Crippen molar-refractivity contribution in [1.29, 1.82) is 0 Å². The highest BCUT2D eigenvalue weighted by molar-refractivity contribution is 7.99. The molecule has 6 heteroatoms. The molecule has 1 aliphatic carbocycles. The number of aromatic nitrogens is 3. The number of imidazole rings is 1. The first kappa shape index (κ1) is 13.4. The van der Waals surface area contributed by atoms with Crippen molar-refractivity contribution in [3.63, 3.8) is 0 Å². The van der Waals surface area contributed by atoms with Gasteiger partial charge in [0, 0.05) is 12.2 Å². The number of carboxylic acid groups (broad SMARTS) is 1. The van der Waals surface area contributed by atoms with Crippen molar-refractivity contribution in [1.82, 2.24) is 14.5 Å². The lowest BCUT2D eigenvalue weighted by molar-refractivity contribution is -0.133. The largest absolute Gasteiger partial charge is 0.481 e. The van der Waals surface area contributed by atoms with E-state index in [1.54, 1.807) is 12.4 Å². The average Bonchev–Trinajstić information content (AvgIpc) is 2.99. The minimum absolute atomic E-state index is 0.0395. The fourth-order valence-corrected chi connectivity index (χ4v) is 3.77. The molecule has 2 aromatic heterocycles. The molecule has 2 aromatic rings. The number of fused-ring (bicyclic) bond motifs is 1. The average molecular weight is 291 g/mol. The summed E-state index contributed by atoms with van der Waals surface area (Å²) < 4.78 is 2.22. The van der Waals surface area contributed by atoms with Crippen molar-refractivity contribution in [2.75, 3.05) is 5.75 Å². The number of carboxylic acids is 1. The second kappa shape index (κ2) is 5.44. The van der Waals surface area contributed by atoms with E-state index in [0.717, 1.165) is 22.6 Å². The minimum Gasteiger partial charge on any atom is -0.481 e. The first-order valence-corrected chi connectivity index (χ1v) is 7.82. The Hall–Kier alpha value is -1.56. The maximum atomic E-state index is 10.8. The Bertz CT molecular complexity index is 640. The number of carbonyl (C=O) groups is 1. The first-order valence-electron chi connectivity index (χ1n) is 6.83. The molecule has 2 unspecified atom stereocenters. The van der Waals surface area contributed by atoms with E-state index in [1.807, 2.05) is 6.07 Å². The molecule has 0 radical (unpaired) electrons. The summed E-state index contributed by atoms with van der Waals surface area (Å²) in [6.45, 7) is 2.26. The molecule has 0 saturated heterocycles. The van der Waals surface area contributed by atoms with Gasteiger partial charge in [0.15, 0.2) is 5.16 Å². The van der Waals surface area contributed by atoms with Gasteiger partial charge in [0.25, 0.3) is 0 Å². The fourth-order valence-electron chi connectivity index (χ4n) is 2.99. The van der Waals surface area contributed by atoms with E-state index in [2.05, 4.69) is 21.5 Å². The van der Waals surface area contributed by atoms with E-state index in [9.17, 15) is 4.79 Å². The summed E-state index contributed by atoms with van der Waals surface area (Å²) in [5.74, 6) is -0.173. The molecule has 0 spiro atoms. The van der Waals surface area contributed by atoms with Gasteiger partial charge in [-0.25, -0.2) is 4.98 Å². The summed E-state index contributed by atoms with van der Waals surface area (Å²) >= 11 is 1.29. The zero-order valence-electron chi connectivity index (χ0n) is 11.3. The molecule has 0 aliphatic heterocycles. The Morgan fingerprint density at radius 1 is 1.55 bits per heavy atom. The van der Waals surface area contributed by atoms with Gasteiger partial charge in [0.2, 0.25) is 0 Å². The van der Waals surface area contributed by atoms with Gasteiger partial charge in [-0.2, -0.15) is 0 Å². The van der Waals surface area contributed by atoms with Gasteiger partial charge in [-0.1, -0.05) is 25.1 Å². The second-order valence-corrected chi connectivity index (χ2v) is 6.23. The highest BCUT2D eigenvalue weighted by Crippen LogP contribution is 2.40. The molecule has 5 nitrogen and oxygen atoms in total. The maximum absolute atomic E-state index is 10.8. The molecule has 3 rings (SSSR count). The summed E-state index contributed by atoms with van der Waals surface area (Å²) in [4.78, 5) is 19.5. The van der Waals surface area contributed by atoms with Crippen LogP contribution in [0.25, 0.3) is 11.0 Å². The minimum atomic E-state index is -0.814. The fraction of sp³-hybridized carbons (Fsp3) is 0.500. The van der Waals surface area contributed by atoms with Crippen LogP contribution in [0.3, 0.4) is 0 Å². The van der Waals surface area contributed by atoms with E-state index in [-0.39, 0.29) is 5.75 Å². The number of thioether (sulfide) groups is 1. The van der Waals surface area contributed by atoms with Crippen LogP contribution in [0.1, 0.15) is 32.2 Å². The molecular weight excluding hydrogens is 274 g/mol. The molecule has 0 aromatic carbocycles. The van der Waals surface area contributed by atoms with Gasteiger partial charge >= 0.3 is 5.97 Å². The second-order valence-electron chi connectivity index (χ2n) is 5.29. The molecule has 1 aliphatic rings. The number of rotatable bonds is 4. The lowest BCUT2D eigenvalue weighted by atomic mass is 10.1. The zero-order valence-corrected chi connectivity index (χ0v) is 12.1. The van der Waals surface area contributed by atoms with Crippen LogP contribution in [-0.2, 0) is 4.79 Å². The Balaban J connectivity index is 2.05. The summed E-state index contributed by atoms with van der Waals surface area (Å²) in [7, 11) is 0. The maximum Gasteiger partial charge on any atom is 0.313 e. The van der Waals surface area contributed by atoms with Crippen molar-refractivity contribution in [2.45, 2.75) is 37.4 Å². The highest BCUT2D eigenvalue weighted by atomic mass is 32.2. The Morgan fingerprint density at radius 2 is 2.40 bits per heavy atom. The predicted molar refractivity (Wildman–Crippen MR) is 77.9 cm³/mol. The number of hydrogen-bond donors (Lipinski definition) is 1. The number of aliphatic carboxylic acids is 1. The Kier molecular flexibility index (Phi) is 3.65. The molecule has 106 valence electrons. The summed E-state index contributed by atoms with van der Waals surface area (Å²) in [5, 5.41) is 9.69. The van der Waals surface area contributed by atoms with E-state index in [0.29, 0.717) is 12.0 Å². The lowest BCUT2D eigenvalue weighted by Crippen LogP contribution is -2.13. The van der Waals surface area contributed by atoms with Crippen LogP contribution in [0.15, 0.2) is 23.6 Å². The Morgan fingerprint density at radius 3 is 3.10 bits per heavy atom. The van der Waals surface area contributed by atoms with Gasteiger partial charge in [0.1, 0.15) is 5.52 Å². The third-order valence-electron chi connectivity index (χ3n) is 3.93. The molecule has 1 fully saturated rings. The molecule has 2 atom stereocenters. The predicted octanol–water partition coefficient (Wildman–Crippen LogP) is 2.97. The highest BCUT2D eigenvalue weighted by Gasteiger charge is 2.28. The van der Waals surface area contributed by atoms with Crippen LogP contribution in [0.4, 0.5) is 0 Å². The molecule has 0 bridgehead atoms. The van der Waals surface area contributed by atoms with Gasteiger partial charge in [0.05, 0.1) is 17.5 Å². The number of hydrogen-bond acceptors (Lipinski definition) is 4. The van der Waals surface area contributed by atoms with Gasteiger partial charge in [-0.15, -0.1) is 0 Å². The normalized spacial score (nSPS) is 22.4. The van der Waals surface area contributed by atoms with Crippen molar-refractivity contribution < 1.29 is 9.90 Å². The van der Waals surface area contributed by atoms with E-state index in [1.165, 1.54) is 24.6 Å². The van der Waals surface area contributed by atoms with E-state index < -0.39 is 5.97 Å². The van der Waals surface area contributed by atoms with Crippen LogP contribution in [0, 0.1) is 5.92 Å². The van der Waals surface area contributed by atoms with Crippen LogP contribution in [0.2, 0.25) is 0 Å². The van der Waals surface area contributed by atoms with E-state index in [4.69, 9.17) is 5.11 Å². The topological polar surface area (TPSA) is 68.0 Å². The summed E-state index contributed by atoms with van der Waals surface area (Å²) in [6.07, 6.45) is 7.09. The third kappa shape index (κ3) is 2.40. The van der Waals surface area contributed by atoms with Crippen molar-refractivity contribution in [3.8, 4) is 0 Å². The SMILES string of the molecule is CC1CCCC1n1c(SCC(=O)O)nc2cnccc21. The lowest BCUT2D eigenvalue weighted by Gasteiger charge is -2.20. The van der Waals surface area contributed by atoms with Gasteiger partial charge < -0.3 is 9.67 Å². The molecule has 1 saturated carbocycles. The quantitative estimate of drug-likeness (QED) is 0.877. The van der Waals surface area contributed by atoms with E-state index >= 15 is 0 Å². The third-order valence-corrected chi connectivity index (χ3v) is 4.87. The summed E-state index contributed by atoms with van der Waals surface area (Å²) in [5.41, 5.74) is 1.91. The van der Waals surface area contributed by atoms with Crippen LogP contribution in [0.5, 0.6) is 0 Å².